The summed E-state index contributed by atoms with van der Waals surface area (Å²) in [7, 11) is 0. The van der Waals surface area contributed by atoms with Crippen LogP contribution in [0.3, 0.4) is 0 Å². The highest BCUT2D eigenvalue weighted by Gasteiger charge is 2.08. The lowest BCUT2D eigenvalue weighted by Gasteiger charge is -2.09. The van der Waals surface area contributed by atoms with Crippen molar-refractivity contribution in [2.75, 3.05) is 11.9 Å². The molecule has 0 spiro atoms. The van der Waals surface area contributed by atoms with Crippen molar-refractivity contribution in [3.8, 4) is 18.1 Å². The summed E-state index contributed by atoms with van der Waals surface area (Å²) < 4.78 is 5.54. The second-order valence-electron chi connectivity index (χ2n) is 5.64. The summed E-state index contributed by atoms with van der Waals surface area (Å²) in [5.41, 5.74) is 3.08. The van der Waals surface area contributed by atoms with Crippen LogP contribution in [-0.2, 0) is 0 Å². The maximum atomic E-state index is 12.5. The number of fused-ring (bicyclic) bond motifs is 1. The van der Waals surface area contributed by atoms with Gasteiger partial charge in [0.2, 0.25) is 0 Å². The molecule has 0 aliphatic rings. The molecule has 124 valence electrons. The van der Waals surface area contributed by atoms with Crippen molar-refractivity contribution in [3.05, 3.63) is 65.9 Å². The van der Waals surface area contributed by atoms with Gasteiger partial charge in [0.05, 0.1) is 12.1 Å². The Hall–Kier alpha value is -3.32. The summed E-state index contributed by atoms with van der Waals surface area (Å²) in [6.45, 7) is 2.39. The van der Waals surface area contributed by atoms with Crippen LogP contribution in [-0.4, -0.2) is 17.5 Å². The number of carbonyl (C=O) groups excluding carboxylic acids is 1. The SMILES string of the molecule is C#CCCOc1cccc(NC(=O)c2ccc3nc(C)ccc3c2)c1. The summed E-state index contributed by atoms with van der Waals surface area (Å²) in [6, 6.07) is 16.6. The van der Waals surface area contributed by atoms with E-state index < -0.39 is 0 Å². The molecule has 2 aromatic carbocycles. The Kier molecular flexibility index (Phi) is 4.96. The molecule has 1 amide bonds. The Balaban J connectivity index is 1.75. The molecular formula is C21H18N2O2. The number of aryl methyl sites for hydroxylation is 1. The van der Waals surface area contributed by atoms with Crippen molar-refractivity contribution in [2.45, 2.75) is 13.3 Å². The zero-order chi connectivity index (χ0) is 17.6. The number of rotatable bonds is 5. The first-order valence-electron chi connectivity index (χ1n) is 8.01. The zero-order valence-electron chi connectivity index (χ0n) is 14.0. The van der Waals surface area contributed by atoms with Crippen molar-refractivity contribution >= 4 is 22.5 Å². The van der Waals surface area contributed by atoms with Gasteiger partial charge in [0, 0.05) is 34.8 Å². The molecule has 0 aliphatic carbocycles. The van der Waals surface area contributed by atoms with E-state index in [1.165, 1.54) is 0 Å². The molecule has 4 nitrogen and oxygen atoms in total. The molecule has 0 fully saturated rings. The van der Waals surface area contributed by atoms with Gasteiger partial charge in [-0.25, -0.2) is 0 Å². The Bertz CT molecular complexity index is 958. The first kappa shape index (κ1) is 16.5. The number of nitrogens with one attached hydrogen (secondary N) is 1. The average molecular weight is 330 g/mol. The molecule has 1 N–H and O–H groups in total. The number of ether oxygens (including phenoxy) is 1. The number of benzene rings is 2. The number of hydrogen-bond acceptors (Lipinski definition) is 3. The molecule has 0 bridgehead atoms. The minimum absolute atomic E-state index is 0.178. The van der Waals surface area contributed by atoms with Crippen molar-refractivity contribution in [1.82, 2.24) is 4.98 Å². The van der Waals surface area contributed by atoms with Crippen LogP contribution in [0.5, 0.6) is 5.75 Å². The van der Waals surface area contributed by atoms with E-state index in [1.54, 1.807) is 12.1 Å². The lowest BCUT2D eigenvalue weighted by Crippen LogP contribution is -2.12. The summed E-state index contributed by atoms with van der Waals surface area (Å²) in [5, 5.41) is 3.82. The molecular weight excluding hydrogens is 312 g/mol. The number of amides is 1. The van der Waals surface area contributed by atoms with E-state index in [4.69, 9.17) is 11.2 Å². The number of anilines is 1. The number of aromatic nitrogens is 1. The highest BCUT2D eigenvalue weighted by atomic mass is 16.5. The highest BCUT2D eigenvalue weighted by molar-refractivity contribution is 6.06. The molecule has 4 heteroatoms. The number of nitrogens with zero attached hydrogens (tertiary/aromatic N) is 1. The third-order valence-electron chi connectivity index (χ3n) is 3.70. The third kappa shape index (κ3) is 4.15. The van der Waals surface area contributed by atoms with Crippen LogP contribution in [0, 0.1) is 19.3 Å². The molecule has 0 saturated carbocycles. The van der Waals surface area contributed by atoms with E-state index in [9.17, 15) is 4.79 Å². The van der Waals surface area contributed by atoms with Crippen LogP contribution in [0.4, 0.5) is 5.69 Å². The van der Waals surface area contributed by atoms with E-state index in [-0.39, 0.29) is 5.91 Å². The van der Waals surface area contributed by atoms with Crippen LogP contribution < -0.4 is 10.1 Å². The highest BCUT2D eigenvalue weighted by Crippen LogP contribution is 2.20. The van der Waals surface area contributed by atoms with Gasteiger partial charge in [0.1, 0.15) is 5.75 Å². The first-order valence-corrected chi connectivity index (χ1v) is 8.01. The third-order valence-corrected chi connectivity index (χ3v) is 3.70. The largest absolute Gasteiger partial charge is 0.493 e. The molecule has 3 rings (SSSR count). The smallest absolute Gasteiger partial charge is 0.255 e. The molecule has 0 radical (unpaired) electrons. The number of hydrogen-bond donors (Lipinski definition) is 1. The van der Waals surface area contributed by atoms with Gasteiger partial charge in [-0.15, -0.1) is 12.3 Å². The number of pyridine rings is 1. The Labute approximate surface area is 146 Å². The second kappa shape index (κ2) is 7.50. The maximum absolute atomic E-state index is 12.5. The second-order valence-corrected chi connectivity index (χ2v) is 5.64. The van der Waals surface area contributed by atoms with Gasteiger partial charge in [-0.05, 0) is 43.3 Å². The Morgan fingerprint density at radius 3 is 2.92 bits per heavy atom. The fourth-order valence-electron chi connectivity index (χ4n) is 2.46. The quantitative estimate of drug-likeness (QED) is 0.563. The van der Waals surface area contributed by atoms with E-state index in [1.807, 2.05) is 49.4 Å². The summed E-state index contributed by atoms with van der Waals surface area (Å²) >= 11 is 0. The summed E-state index contributed by atoms with van der Waals surface area (Å²) in [5.74, 6) is 3.02. The van der Waals surface area contributed by atoms with Gasteiger partial charge in [-0.2, -0.15) is 0 Å². The topological polar surface area (TPSA) is 51.2 Å². The van der Waals surface area contributed by atoms with Crippen LogP contribution in [0.25, 0.3) is 10.9 Å². The van der Waals surface area contributed by atoms with Gasteiger partial charge in [-0.3, -0.25) is 9.78 Å². The minimum atomic E-state index is -0.178. The fourth-order valence-corrected chi connectivity index (χ4v) is 2.46. The first-order chi connectivity index (χ1) is 12.2. The standard InChI is InChI=1S/C21H18N2O2/c1-3-4-12-25-19-7-5-6-18(14-19)23-21(24)17-10-11-20-16(13-17)9-8-15(2)22-20/h1,5-11,13-14H,4,12H2,2H3,(H,23,24). The molecule has 0 atom stereocenters. The van der Waals surface area contributed by atoms with Crippen LogP contribution in [0.1, 0.15) is 22.5 Å². The molecule has 25 heavy (non-hydrogen) atoms. The lowest BCUT2D eigenvalue weighted by atomic mass is 10.1. The zero-order valence-corrected chi connectivity index (χ0v) is 14.0. The summed E-state index contributed by atoms with van der Waals surface area (Å²) in [4.78, 5) is 16.9. The number of carbonyl (C=O) groups is 1. The van der Waals surface area contributed by atoms with Crippen molar-refractivity contribution in [3.63, 3.8) is 0 Å². The maximum Gasteiger partial charge on any atom is 0.255 e. The molecule has 0 saturated heterocycles. The average Bonchev–Trinajstić information content (AvgIpc) is 2.62. The number of terminal acetylenes is 1. The predicted octanol–water partition coefficient (Wildman–Crippen LogP) is 4.20. The van der Waals surface area contributed by atoms with Crippen LogP contribution in [0.15, 0.2) is 54.6 Å². The molecule has 1 heterocycles. The van der Waals surface area contributed by atoms with Crippen LogP contribution >= 0.6 is 0 Å². The Morgan fingerprint density at radius 2 is 2.08 bits per heavy atom. The van der Waals surface area contributed by atoms with Crippen molar-refractivity contribution in [2.24, 2.45) is 0 Å². The predicted molar refractivity (Wildman–Crippen MR) is 99.8 cm³/mol. The van der Waals surface area contributed by atoms with Gasteiger partial charge in [-0.1, -0.05) is 12.1 Å². The van der Waals surface area contributed by atoms with Gasteiger partial charge < -0.3 is 10.1 Å². The van der Waals surface area contributed by atoms with Gasteiger partial charge in [0.25, 0.3) is 5.91 Å². The molecule has 1 aromatic heterocycles. The monoisotopic (exact) mass is 330 g/mol. The fraction of sp³-hybridized carbons (Fsp3) is 0.143. The van der Waals surface area contributed by atoms with E-state index in [2.05, 4.69) is 16.2 Å². The molecule has 0 aliphatic heterocycles. The van der Waals surface area contributed by atoms with Gasteiger partial charge in [0.15, 0.2) is 0 Å². The van der Waals surface area contributed by atoms with Crippen molar-refractivity contribution < 1.29 is 9.53 Å². The molecule has 3 aromatic rings. The lowest BCUT2D eigenvalue weighted by molar-refractivity contribution is 0.102. The summed E-state index contributed by atoms with van der Waals surface area (Å²) in [6.07, 6.45) is 5.75. The molecule has 0 unspecified atom stereocenters. The minimum Gasteiger partial charge on any atom is -0.493 e. The van der Waals surface area contributed by atoms with Crippen molar-refractivity contribution in [1.29, 1.82) is 0 Å². The Morgan fingerprint density at radius 1 is 1.20 bits per heavy atom. The van der Waals surface area contributed by atoms with Gasteiger partial charge >= 0.3 is 0 Å². The van der Waals surface area contributed by atoms with E-state index in [0.29, 0.717) is 30.0 Å². The van der Waals surface area contributed by atoms with E-state index in [0.717, 1.165) is 16.6 Å². The van der Waals surface area contributed by atoms with E-state index >= 15 is 0 Å². The van der Waals surface area contributed by atoms with Crippen LogP contribution in [0.2, 0.25) is 0 Å². The normalized spacial score (nSPS) is 10.2.